The Hall–Kier alpha value is -1.36. The average molecular weight is 224 g/mol. The van der Waals surface area contributed by atoms with Gasteiger partial charge in [0.1, 0.15) is 11.9 Å². The molecule has 2 rings (SSSR count). The molecular weight excluding hydrogens is 208 g/mol. The molecule has 1 unspecified atom stereocenters. The second-order valence-corrected chi connectivity index (χ2v) is 4.02. The second kappa shape index (κ2) is 4.65. The SMILES string of the molecule is COCCc1ncc2n1C(C(=O)O)CCC2. The van der Waals surface area contributed by atoms with Crippen LogP contribution in [0.4, 0.5) is 0 Å². The Balaban J connectivity index is 2.28. The molecule has 0 bridgehead atoms. The third kappa shape index (κ3) is 1.95. The minimum atomic E-state index is -0.766. The molecule has 88 valence electrons. The number of hydrogen-bond donors (Lipinski definition) is 1. The molecule has 0 saturated carbocycles. The number of carboxylic acids is 1. The van der Waals surface area contributed by atoms with Crippen LogP contribution in [0.2, 0.25) is 0 Å². The van der Waals surface area contributed by atoms with Crippen LogP contribution >= 0.6 is 0 Å². The van der Waals surface area contributed by atoms with Crippen molar-refractivity contribution in [3.8, 4) is 0 Å². The highest BCUT2D eigenvalue weighted by Crippen LogP contribution is 2.26. The van der Waals surface area contributed by atoms with Crippen LogP contribution in [0.5, 0.6) is 0 Å². The van der Waals surface area contributed by atoms with Crippen LogP contribution in [0, 0.1) is 0 Å². The fraction of sp³-hybridized carbons (Fsp3) is 0.636. The molecule has 0 saturated heterocycles. The molecule has 1 aliphatic rings. The average Bonchev–Trinajstić information content (AvgIpc) is 2.69. The largest absolute Gasteiger partial charge is 0.480 e. The molecule has 5 heteroatoms. The van der Waals surface area contributed by atoms with Crippen molar-refractivity contribution in [3.05, 3.63) is 17.7 Å². The van der Waals surface area contributed by atoms with E-state index < -0.39 is 12.0 Å². The molecule has 0 aromatic carbocycles. The number of fused-ring (bicyclic) bond motifs is 1. The molecule has 1 N–H and O–H groups in total. The highest BCUT2D eigenvalue weighted by molar-refractivity contribution is 5.72. The van der Waals surface area contributed by atoms with Gasteiger partial charge in [0.05, 0.1) is 6.61 Å². The van der Waals surface area contributed by atoms with Crippen LogP contribution in [0.1, 0.15) is 30.4 Å². The van der Waals surface area contributed by atoms with E-state index >= 15 is 0 Å². The number of aliphatic carboxylic acids is 1. The standard InChI is InChI=1S/C11H16N2O3/c1-16-6-5-10-12-7-8-3-2-4-9(11(14)15)13(8)10/h7,9H,2-6H2,1H3,(H,14,15). The Labute approximate surface area is 94.1 Å². The van der Waals surface area contributed by atoms with E-state index in [-0.39, 0.29) is 0 Å². The summed E-state index contributed by atoms with van der Waals surface area (Å²) in [7, 11) is 1.63. The maximum absolute atomic E-state index is 11.2. The van der Waals surface area contributed by atoms with E-state index in [1.807, 2.05) is 4.57 Å². The maximum atomic E-state index is 11.2. The van der Waals surface area contributed by atoms with E-state index in [1.54, 1.807) is 13.3 Å². The molecular formula is C11H16N2O3. The van der Waals surface area contributed by atoms with Crippen LogP contribution in [0.15, 0.2) is 6.20 Å². The fourth-order valence-corrected chi connectivity index (χ4v) is 2.22. The van der Waals surface area contributed by atoms with Gasteiger partial charge in [-0.2, -0.15) is 0 Å². The summed E-state index contributed by atoms with van der Waals surface area (Å²) in [6.45, 7) is 0.572. The molecule has 1 atom stereocenters. The van der Waals surface area contributed by atoms with Gasteiger partial charge in [-0.15, -0.1) is 0 Å². The first-order chi connectivity index (χ1) is 7.74. The third-order valence-corrected chi connectivity index (χ3v) is 2.99. The van der Waals surface area contributed by atoms with Crippen molar-refractivity contribution in [1.82, 2.24) is 9.55 Å². The quantitative estimate of drug-likeness (QED) is 0.829. The molecule has 1 aliphatic heterocycles. The summed E-state index contributed by atoms with van der Waals surface area (Å²) >= 11 is 0. The van der Waals surface area contributed by atoms with Gasteiger partial charge in [-0.05, 0) is 19.3 Å². The zero-order chi connectivity index (χ0) is 11.5. The topological polar surface area (TPSA) is 64.4 Å². The Bertz CT molecular complexity index is 387. The first-order valence-corrected chi connectivity index (χ1v) is 5.50. The molecule has 0 amide bonds. The van der Waals surface area contributed by atoms with Gasteiger partial charge < -0.3 is 14.4 Å². The van der Waals surface area contributed by atoms with Crippen molar-refractivity contribution in [1.29, 1.82) is 0 Å². The highest BCUT2D eigenvalue weighted by atomic mass is 16.5. The number of ether oxygens (including phenoxy) is 1. The molecule has 0 spiro atoms. The minimum Gasteiger partial charge on any atom is -0.480 e. The molecule has 16 heavy (non-hydrogen) atoms. The van der Waals surface area contributed by atoms with Crippen molar-refractivity contribution in [2.75, 3.05) is 13.7 Å². The van der Waals surface area contributed by atoms with Gasteiger partial charge in [0.2, 0.25) is 0 Å². The summed E-state index contributed by atoms with van der Waals surface area (Å²) in [5, 5.41) is 9.17. The summed E-state index contributed by atoms with van der Waals surface area (Å²) in [6, 6.07) is -0.446. The molecule has 2 heterocycles. The Morgan fingerprint density at radius 2 is 2.56 bits per heavy atom. The van der Waals surface area contributed by atoms with Gasteiger partial charge in [-0.3, -0.25) is 0 Å². The zero-order valence-corrected chi connectivity index (χ0v) is 9.35. The number of aromatic nitrogens is 2. The Morgan fingerprint density at radius 1 is 1.75 bits per heavy atom. The first kappa shape index (κ1) is 11.1. The minimum absolute atomic E-state index is 0.446. The lowest BCUT2D eigenvalue weighted by molar-refractivity contribution is -0.141. The molecule has 0 aliphatic carbocycles. The summed E-state index contributed by atoms with van der Waals surface area (Å²) < 4.78 is 6.87. The number of rotatable bonds is 4. The summed E-state index contributed by atoms with van der Waals surface area (Å²) in [4.78, 5) is 15.4. The maximum Gasteiger partial charge on any atom is 0.326 e. The summed E-state index contributed by atoms with van der Waals surface area (Å²) in [5.74, 6) is 0.0570. The van der Waals surface area contributed by atoms with Gasteiger partial charge in [0, 0.05) is 25.4 Å². The number of aryl methyl sites for hydroxylation is 1. The smallest absolute Gasteiger partial charge is 0.326 e. The number of carboxylic acid groups (broad SMARTS) is 1. The number of methoxy groups -OCH3 is 1. The predicted molar refractivity (Wildman–Crippen MR) is 57.4 cm³/mol. The molecule has 1 aromatic heterocycles. The normalized spacial score (nSPS) is 19.4. The van der Waals surface area contributed by atoms with Crippen molar-refractivity contribution >= 4 is 5.97 Å². The van der Waals surface area contributed by atoms with E-state index in [1.165, 1.54) is 0 Å². The third-order valence-electron chi connectivity index (χ3n) is 2.99. The molecule has 1 aromatic rings. The van der Waals surface area contributed by atoms with Crippen LogP contribution in [-0.4, -0.2) is 34.3 Å². The van der Waals surface area contributed by atoms with E-state index in [4.69, 9.17) is 4.74 Å². The van der Waals surface area contributed by atoms with Crippen LogP contribution in [-0.2, 0) is 22.4 Å². The monoisotopic (exact) mass is 224 g/mol. The summed E-state index contributed by atoms with van der Waals surface area (Å²) in [5.41, 5.74) is 1.03. The van der Waals surface area contributed by atoms with E-state index in [0.29, 0.717) is 19.4 Å². The highest BCUT2D eigenvalue weighted by Gasteiger charge is 2.27. The first-order valence-electron chi connectivity index (χ1n) is 5.50. The van der Waals surface area contributed by atoms with Crippen molar-refractivity contribution < 1.29 is 14.6 Å². The fourth-order valence-electron chi connectivity index (χ4n) is 2.22. The van der Waals surface area contributed by atoms with Gasteiger partial charge in [-0.1, -0.05) is 0 Å². The van der Waals surface area contributed by atoms with Crippen molar-refractivity contribution in [2.24, 2.45) is 0 Å². The van der Waals surface area contributed by atoms with Crippen LogP contribution < -0.4 is 0 Å². The lowest BCUT2D eigenvalue weighted by Crippen LogP contribution is -2.26. The number of nitrogens with zero attached hydrogens (tertiary/aromatic N) is 2. The molecule has 0 radical (unpaired) electrons. The van der Waals surface area contributed by atoms with Crippen molar-refractivity contribution in [3.63, 3.8) is 0 Å². The van der Waals surface area contributed by atoms with Gasteiger partial charge in [-0.25, -0.2) is 9.78 Å². The van der Waals surface area contributed by atoms with E-state index in [9.17, 15) is 9.90 Å². The lowest BCUT2D eigenvalue weighted by Gasteiger charge is -2.23. The number of carbonyl (C=O) groups is 1. The number of imidazole rings is 1. The van der Waals surface area contributed by atoms with E-state index in [0.717, 1.165) is 24.4 Å². The van der Waals surface area contributed by atoms with Gasteiger partial charge >= 0.3 is 5.97 Å². The Morgan fingerprint density at radius 3 is 3.25 bits per heavy atom. The Kier molecular flexibility index (Phi) is 3.24. The zero-order valence-electron chi connectivity index (χ0n) is 9.35. The van der Waals surface area contributed by atoms with E-state index in [2.05, 4.69) is 4.98 Å². The lowest BCUT2D eigenvalue weighted by atomic mass is 10.0. The molecule has 5 nitrogen and oxygen atoms in total. The van der Waals surface area contributed by atoms with Crippen molar-refractivity contribution in [2.45, 2.75) is 31.7 Å². The van der Waals surface area contributed by atoms with Gasteiger partial charge in [0.15, 0.2) is 0 Å². The summed E-state index contributed by atoms with van der Waals surface area (Å²) in [6.07, 6.45) is 5.00. The molecule has 0 fully saturated rings. The van der Waals surface area contributed by atoms with Gasteiger partial charge in [0.25, 0.3) is 0 Å². The second-order valence-electron chi connectivity index (χ2n) is 4.02. The number of hydrogen-bond acceptors (Lipinski definition) is 3. The van der Waals surface area contributed by atoms with Crippen LogP contribution in [0.3, 0.4) is 0 Å². The van der Waals surface area contributed by atoms with Crippen LogP contribution in [0.25, 0.3) is 0 Å². The predicted octanol–water partition coefficient (Wildman–Crippen LogP) is 1.03.